The Morgan fingerprint density at radius 2 is 2.03 bits per heavy atom. The van der Waals surface area contributed by atoms with Gasteiger partial charge < -0.3 is 14.4 Å². The summed E-state index contributed by atoms with van der Waals surface area (Å²) in [6.07, 6.45) is 2.52. The number of fused-ring (bicyclic) bond motifs is 1. The fourth-order valence-electron chi connectivity index (χ4n) is 3.72. The van der Waals surface area contributed by atoms with Gasteiger partial charge in [-0.25, -0.2) is 4.98 Å². The Labute approximate surface area is 195 Å². The lowest BCUT2D eigenvalue weighted by molar-refractivity contribution is 0.122. The van der Waals surface area contributed by atoms with Crippen LogP contribution < -0.4 is 15.2 Å². The number of nitrogens with zero attached hydrogens (tertiary/aromatic N) is 4. The van der Waals surface area contributed by atoms with Crippen molar-refractivity contribution in [2.45, 2.75) is 26.2 Å². The molecule has 0 aliphatic carbocycles. The second-order valence-corrected chi connectivity index (χ2v) is 8.74. The van der Waals surface area contributed by atoms with Crippen molar-refractivity contribution < 1.29 is 9.47 Å². The molecule has 0 amide bonds. The molecule has 2 heterocycles. The summed E-state index contributed by atoms with van der Waals surface area (Å²) in [4.78, 5) is 20.3. The van der Waals surface area contributed by atoms with Crippen LogP contribution in [0.1, 0.15) is 37.6 Å². The summed E-state index contributed by atoms with van der Waals surface area (Å²) < 4.78 is 13.3. The lowest BCUT2D eigenvalue weighted by atomic mass is 10.1. The lowest BCUT2D eigenvalue weighted by Crippen LogP contribution is -2.36. The van der Waals surface area contributed by atoms with E-state index in [1.807, 2.05) is 30.3 Å². The number of ether oxygens (including phenoxy) is 2. The largest absolute Gasteiger partial charge is 0.496 e. The average Bonchev–Trinajstić information content (AvgIpc) is 2.83. The van der Waals surface area contributed by atoms with Gasteiger partial charge in [-0.15, -0.1) is 0 Å². The number of halogens is 1. The molecule has 1 aliphatic heterocycles. The van der Waals surface area contributed by atoms with Crippen LogP contribution in [0.5, 0.6) is 5.75 Å². The number of hydrogen-bond acceptors (Lipinski definition) is 6. The smallest absolute Gasteiger partial charge is 0.282 e. The van der Waals surface area contributed by atoms with Gasteiger partial charge in [0.1, 0.15) is 11.6 Å². The molecule has 0 saturated carbocycles. The lowest BCUT2D eigenvalue weighted by Gasteiger charge is -2.29. The third-order valence-electron chi connectivity index (χ3n) is 5.79. The van der Waals surface area contributed by atoms with Crippen molar-refractivity contribution >= 4 is 38.7 Å². The number of anilines is 1. The molecule has 2 aromatic carbocycles. The minimum atomic E-state index is -0.188. The first-order chi connectivity index (χ1) is 15.5. The predicted octanol–water partition coefficient (Wildman–Crippen LogP) is 4.40. The summed E-state index contributed by atoms with van der Waals surface area (Å²) in [5.74, 6) is 1.43. The molecule has 1 aliphatic rings. The van der Waals surface area contributed by atoms with Crippen molar-refractivity contribution in [3.63, 3.8) is 0 Å². The van der Waals surface area contributed by atoms with Crippen molar-refractivity contribution in [3.8, 4) is 5.75 Å². The number of rotatable bonds is 6. The van der Waals surface area contributed by atoms with Crippen molar-refractivity contribution in [3.05, 3.63) is 62.6 Å². The Balaban J connectivity index is 1.75. The minimum Gasteiger partial charge on any atom is -0.496 e. The van der Waals surface area contributed by atoms with Crippen LogP contribution in [0.25, 0.3) is 10.9 Å². The van der Waals surface area contributed by atoms with Crippen molar-refractivity contribution in [2.24, 2.45) is 5.10 Å². The van der Waals surface area contributed by atoms with Crippen LogP contribution in [-0.4, -0.2) is 49.3 Å². The van der Waals surface area contributed by atoms with E-state index >= 15 is 0 Å². The minimum absolute atomic E-state index is 0.0819. The molecule has 0 spiro atoms. The molecule has 3 aromatic rings. The van der Waals surface area contributed by atoms with Gasteiger partial charge in [0.05, 0.1) is 37.4 Å². The van der Waals surface area contributed by atoms with E-state index in [4.69, 9.17) is 14.5 Å². The fourth-order valence-corrected chi connectivity index (χ4v) is 4.08. The van der Waals surface area contributed by atoms with Gasteiger partial charge in [0, 0.05) is 40.8 Å². The molecule has 1 atom stereocenters. The van der Waals surface area contributed by atoms with Crippen molar-refractivity contribution in [1.29, 1.82) is 0 Å². The molecule has 1 saturated heterocycles. The number of methoxy groups -OCH3 is 1. The Hall–Kier alpha value is -2.71. The normalized spacial score (nSPS) is 15.4. The van der Waals surface area contributed by atoms with Crippen LogP contribution in [-0.2, 0) is 4.74 Å². The topological polar surface area (TPSA) is 69.0 Å². The molecule has 7 nitrogen and oxygen atoms in total. The predicted molar refractivity (Wildman–Crippen MR) is 131 cm³/mol. The third-order valence-corrected chi connectivity index (χ3v) is 6.29. The summed E-state index contributed by atoms with van der Waals surface area (Å²) in [7, 11) is 1.64. The Morgan fingerprint density at radius 1 is 1.25 bits per heavy atom. The first-order valence-electron chi connectivity index (χ1n) is 10.8. The van der Waals surface area contributed by atoms with Gasteiger partial charge in [-0.05, 0) is 36.8 Å². The zero-order valence-corrected chi connectivity index (χ0v) is 20.1. The Bertz CT molecular complexity index is 1200. The monoisotopic (exact) mass is 498 g/mol. The van der Waals surface area contributed by atoms with E-state index in [9.17, 15) is 4.79 Å². The summed E-state index contributed by atoms with van der Waals surface area (Å²) in [5.41, 5.74) is 2.36. The number of aromatic nitrogens is 2. The molecule has 0 bridgehead atoms. The van der Waals surface area contributed by atoms with Crippen LogP contribution in [0.2, 0.25) is 0 Å². The number of benzene rings is 2. The molecular weight excluding hydrogens is 472 g/mol. The first kappa shape index (κ1) is 22.5. The molecule has 0 radical (unpaired) electrons. The highest BCUT2D eigenvalue weighted by Gasteiger charge is 2.16. The van der Waals surface area contributed by atoms with Gasteiger partial charge in [-0.3, -0.25) is 4.79 Å². The van der Waals surface area contributed by atoms with E-state index < -0.39 is 0 Å². The summed E-state index contributed by atoms with van der Waals surface area (Å²) in [6, 6.07) is 11.5. The van der Waals surface area contributed by atoms with Crippen molar-refractivity contribution in [2.75, 3.05) is 38.3 Å². The molecular formula is C24H27BrN4O3. The van der Waals surface area contributed by atoms with E-state index in [0.717, 1.165) is 48.4 Å². The fraction of sp³-hybridized carbons (Fsp3) is 0.375. The van der Waals surface area contributed by atoms with Crippen molar-refractivity contribution in [1.82, 2.24) is 9.66 Å². The Kier molecular flexibility index (Phi) is 6.91. The molecule has 0 N–H and O–H groups in total. The summed E-state index contributed by atoms with van der Waals surface area (Å²) >= 11 is 3.44. The van der Waals surface area contributed by atoms with E-state index in [1.54, 1.807) is 19.4 Å². The van der Waals surface area contributed by atoms with E-state index in [1.165, 1.54) is 4.68 Å². The second-order valence-electron chi connectivity index (χ2n) is 7.83. The number of morpholine rings is 1. The van der Waals surface area contributed by atoms with Gasteiger partial charge in [0.2, 0.25) is 0 Å². The summed E-state index contributed by atoms with van der Waals surface area (Å²) in [6.45, 7) is 7.27. The van der Waals surface area contributed by atoms with Gasteiger partial charge in [0.25, 0.3) is 5.56 Å². The molecule has 32 heavy (non-hydrogen) atoms. The maximum absolute atomic E-state index is 13.3. The van der Waals surface area contributed by atoms with Gasteiger partial charge in [0.15, 0.2) is 0 Å². The highest BCUT2D eigenvalue weighted by atomic mass is 79.9. The van der Waals surface area contributed by atoms with E-state index in [-0.39, 0.29) is 11.5 Å². The molecule has 168 valence electrons. The SMILES string of the molecule is CC[C@H](C)c1nc2ccc(Br)cc2c(=O)n1N=Cc1ccc(N2CCOCC2)cc1OC. The zero-order valence-electron chi connectivity index (χ0n) is 18.5. The maximum Gasteiger partial charge on any atom is 0.282 e. The molecule has 0 unspecified atom stereocenters. The number of hydrogen-bond donors (Lipinski definition) is 0. The van der Waals surface area contributed by atoms with Crippen LogP contribution in [0.4, 0.5) is 5.69 Å². The van der Waals surface area contributed by atoms with Gasteiger partial charge in [-0.2, -0.15) is 9.78 Å². The third kappa shape index (κ3) is 4.56. The summed E-state index contributed by atoms with van der Waals surface area (Å²) in [5, 5.41) is 5.09. The van der Waals surface area contributed by atoms with Crippen LogP contribution in [0.3, 0.4) is 0 Å². The van der Waals surface area contributed by atoms with Crippen LogP contribution in [0.15, 0.2) is 50.8 Å². The second kappa shape index (κ2) is 9.83. The van der Waals surface area contributed by atoms with E-state index in [2.05, 4.69) is 39.8 Å². The zero-order chi connectivity index (χ0) is 22.7. The first-order valence-corrected chi connectivity index (χ1v) is 11.6. The van der Waals surface area contributed by atoms with Crippen LogP contribution >= 0.6 is 15.9 Å². The van der Waals surface area contributed by atoms with Crippen LogP contribution in [0, 0.1) is 0 Å². The standard InChI is InChI=1S/C24H27BrN4O3/c1-4-16(2)23-27-21-8-6-18(25)13-20(21)24(30)29(23)26-15-17-5-7-19(14-22(17)31-3)28-9-11-32-12-10-28/h5-8,13-16H,4,9-12H2,1-3H3/t16-/m0/s1. The molecule has 1 fully saturated rings. The average molecular weight is 499 g/mol. The Morgan fingerprint density at radius 3 is 2.75 bits per heavy atom. The van der Waals surface area contributed by atoms with E-state index in [0.29, 0.717) is 22.5 Å². The molecule has 1 aromatic heterocycles. The molecule has 8 heteroatoms. The van der Waals surface area contributed by atoms with Gasteiger partial charge >= 0.3 is 0 Å². The highest BCUT2D eigenvalue weighted by molar-refractivity contribution is 9.10. The highest BCUT2D eigenvalue weighted by Crippen LogP contribution is 2.26. The molecule has 4 rings (SSSR count). The quantitative estimate of drug-likeness (QED) is 0.471. The van der Waals surface area contributed by atoms with Gasteiger partial charge in [-0.1, -0.05) is 29.8 Å². The maximum atomic E-state index is 13.3.